The average Bonchev–Trinajstić information content (AvgIpc) is 2.52. The Morgan fingerprint density at radius 2 is 2.21 bits per heavy atom. The number of rotatable bonds is 3. The lowest BCUT2D eigenvalue weighted by atomic mass is 9.90. The molecule has 0 aliphatic carbocycles. The molecule has 0 radical (unpaired) electrons. The van der Waals surface area contributed by atoms with E-state index < -0.39 is 0 Å². The molecule has 0 aliphatic rings. The van der Waals surface area contributed by atoms with Crippen LogP contribution in [0, 0.1) is 16.7 Å². The van der Waals surface area contributed by atoms with Crippen LogP contribution in [0.4, 0.5) is 0 Å². The fourth-order valence-corrected chi connectivity index (χ4v) is 1.25. The second-order valence-corrected chi connectivity index (χ2v) is 4.55. The fourth-order valence-electron chi connectivity index (χ4n) is 1.25. The second kappa shape index (κ2) is 3.83. The van der Waals surface area contributed by atoms with Gasteiger partial charge in [0.1, 0.15) is 0 Å². The normalized spacial score (nSPS) is 11.7. The molecule has 0 spiro atoms. The lowest BCUT2D eigenvalue weighted by Crippen LogP contribution is -2.13. The van der Waals surface area contributed by atoms with Crippen LogP contribution in [0.5, 0.6) is 0 Å². The Morgan fingerprint density at radius 3 is 2.64 bits per heavy atom. The van der Waals surface area contributed by atoms with Gasteiger partial charge in [-0.2, -0.15) is 10.4 Å². The van der Waals surface area contributed by atoms with Crippen molar-refractivity contribution in [2.45, 2.75) is 40.2 Å². The molecule has 0 saturated carbocycles. The fraction of sp³-hybridized carbons (Fsp3) is 0.636. The zero-order valence-corrected chi connectivity index (χ0v) is 9.28. The first-order valence-corrected chi connectivity index (χ1v) is 4.90. The Bertz CT molecular complexity index is 342. The van der Waals surface area contributed by atoms with Gasteiger partial charge in [0.25, 0.3) is 0 Å². The topological polar surface area (TPSA) is 41.6 Å². The van der Waals surface area contributed by atoms with Crippen LogP contribution in [0.1, 0.15) is 39.4 Å². The van der Waals surface area contributed by atoms with E-state index in [4.69, 9.17) is 5.26 Å². The molecule has 0 fully saturated rings. The minimum atomic E-state index is -0.323. The van der Waals surface area contributed by atoms with Crippen LogP contribution in [0.3, 0.4) is 0 Å². The highest BCUT2D eigenvalue weighted by Crippen LogP contribution is 2.19. The van der Waals surface area contributed by atoms with Crippen molar-refractivity contribution in [3.63, 3.8) is 0 Å². The molecule has 1 heterocycles. The summed E-state index contributed by atoms with van der Waals surface area (Å²) in [4.78, 5) is 0. The van der Waals surface area contributed by atoms with Crippen LogP contribution < -0.4 is 0 Å². The van der Waals surface area contributed by atoms with Gasteiger partial charge in [-0.3, -0.25) is 4.68 Å². The van der Waals surface area contributed by atoms with Crippen molar-refractivity contribution >= 4 is 0 Å². The first-order chi connectivity index (χ1) is 6.44. The van der Waals surface area contributed by atoms with E-state index in [1.807, 2.05) is 30.8 Å². The predicted molar refractivity (Wildman–Crippen MR) is 55.7 cm³/mol. The quantitative estimate of drug-likeness (QED) is 0.736. The van der Waals surface area contributed by atoms with Gasteiger partial charge >= 0.3 is 0 Å². The monoisotopic (exact) mass is 191 g/mol. The van der Waals surface area contributed by atoms with Gasteiger partial charge in [0.05, 0.1) is 17.2 Å². The first-order valence-electron chi connectivity index (χ1n) is 4.90. The van der Waals surface area contributed by atoms with Crippen LogP contribution in [0.15, 0.2) is 12.3 Å². The minimum Gasteiger partial charge on any atom is -0.270 e. The molecule has 0 aliphatic heterocycles. The van der Waals surface area contributed by atoms with Crippen molar-refractivity contribution in [1.29, 1.82) is 5.26 Å². The van der Waals surface area contributed by atoms with E-state index in [9.17, 15) is 0 Å². The Kier molecular flexibility index (Phi) is 2.95. The minimum absolute atomic E-state index is 0.323. The summed E-state index contributed by atoms with van der Waals surface area (Å²) in [5.74, 6) is 0. The maximum Gasteiger partial charge on any atom is 0.0688 e. The summed E-state index contributed by atoms with van der Waals surface area (Å²) in [7, 11) is 0. The zero-order chi connectivity index (χ0) is 10.8. The Labute approximate surface area is 85.4 Å². The van der Waals surface area contributed by atoms with E-state index in [-0.39, 0.29) is 5.41 Å². The van der Waals surface area contributed by atoms with Crippen LogP contribution >= 0.6 is 0 Å². The zero-order valence-electron chi connectivity index (χ0n) is 9.28. The van der Waals surface area contributed by atoms with E-state index >= 15 is 0 Å². The molecule has 1 aromatic rings. The van der Waals surface area contributed by atoms with E-state index in [0.717, 1.165) is 5.69 Å². The number of nitrogens with zero attached hydrogens (tertiary/aromatic N) is 3. The summed E-state index contributed by atoms with van der Waals surface area (Å²) in [6.45, 7) is 8.04. The molecule has 0 saturated heterocycles. The Morgan fingerprint density at radius 1 is 1.57 bits per heavy atom. The molecular formula is C11H17N3. The summed E-state index contributed by atoms with van der Waals surface area (Å²) in [5.41, 5.74) is 0.668. The molecule has 0 atom stereocenters. The summed E-state index contributed by atoms with van der Waals surface area (Å²) in [6.07, 6.45) is 2.68. The molecule has 0 unspecified atom stereocenters. The van der Waals surface area contributed by atoms with Gasteiger partial charge in [-0.25, -0.2) is 0 Å². The number of nitriles is 1. The van der Waals surface area contributed by atoms with Gasteiger partial charge in [0, 0.05) is 18.7 Å². The van der Waals surface area contributed by atoms with Gasteiger partial charge in [0.15, 0.2) is 0 Å². The van der Waals surface area contributed by atoms with Crippen molar-refractivity contribution in [2.75, 3.05) is 0 Å². The smallest absolute Gasteiger partial charge is 0.0688 e. The molecule has 0 aromatic carbocycles. The van der Waals surface area contributed by atoms with Crippen LogP contribution in [-0.2, 0) is 6.42 Å². The molecule has 1 aromatic heterocycles. The highest BCUT2D eigenvalue weighted by molar-refractivity contribution is 5.07. The average molecular weight is 191 g/mol. The molecular weight excluding hydrogens is 174 g/mol. The third kappa shape index (κ3) is 2.59. The van der Waals surface area contributed by atoms with Crippen molar-refractivity contribution < 1.29 is 0 Å². The third-order valence-electron chi connectivity index (χ3n) is 2.12. The Balaban J connectivity index is 2.75. The van der Waals surface area contributed by atoms with Crippen molar-refractivity contribution in [3.05, 3.63) is 18.0 Å². The SMILES string of the molecule is CC(C)n1ccc(CC(C)(C)C#N)n1. The summed E-state index contributed by atoms with van der Waals surface area (Å²) < 4.78 is 1.92. The highest BCUT2D eigenvalue weighted by atomic mass is 15.3. The van der Waals surface area contributed by atoms with Gasteiger partial charge in [0.2, 0.25) is 0 Å². The molecule has 76 valence electrons. The van der Waals surface area contributed by atoms with E-state index in [1.165, 1.54) is 0 Å². The molecule has 3 nitrogen and oxygen atoms in total. The summed E-state index contributed by atoms with van der Waals surface area (Å²) in [6, 6.07) is 4.65. The molecule has 14 heavy (non-hydrogen) atoms. The lowest BCUT2D eigenvalue weighted by molar-refractivity contribution is 0.470. The number of hydrogen-bond donors (Lipinski definition) is 0. The Hall–Kier alpha value is -1.30. The molecule has 0 N–H and O–H groups in total. The van der Waals surface area contributed by atoms with Gasteiger partial charge in [-0.1, -0.05) is 0 Å². The van der Waals surface area contributed by atoms with Gasteiger partial charge in [-0.05, 0) is 33.8 Å². The lowest BCUT2D eigenvalue weighted by Gasteiger charge is -2.12. The van der Waals surface area contributed by atoms with Crippen molar-refractivity contribution in [2.24, 2.45) is 5.41 Å². The standard InChI is InChI=1S/C11H17N3/c1-9(2)14-6-5-10(13-14)7-11(3,4)8-12/h5-6,9H,7H2,1-4H3. The first kappa shape index (κ1) is 10.8. The largest absolute Gasteiger partial charge is 0.270 e. The van der Waals surface area contributed by atoms with Crippen LogP contribution in [0.25, 0.3) is 0 Å². The third-order valence-corrected chi connectivity index (χ3v) is 2.12. The summed E-state index contributed by atoms with van der Waals surface area (Å²) >= 11 is 0. The number of aromatic nitrogens is 2. The van der Waals surface area contributed by atoms with E-state index in [1.54, 1.807) is 0 Å². The molecule has 0 bridgehead atoms. The molecule has 1 rings (SSSR count). The van der Waals surface area contributed by atoms with Crippen LogP contribution in [-0.4, -0.2) is 9.78 Å². The van der Waals surface area contributed by atoms with Crippen molar-refractivity contribution in [1.82, 2.24) is 9.78 Å². The van der Waals surface area contributed by atoms with Crippen molar-refractivity contribution in [3.8, 4) is 6.07 Å². The molecule has 3 heteroatoms. The predicted octanol–water partition coefficient (Wildman–Crippen LogP) is 2.56. The van der Waals surface area contributed by atoms with Gasteiger partial charge in [-0.15, -0.1) is 0 Å². The molecule has 0 amide bonds. The summed E-state index contributed by atoms with van der Waals surface area (Å²) in [5, 5.41) is 13.3. The van der Waals surface area contributed by atoms with E-state index in [0.29, 0.717) is 12.5 Å². The number of hydrogen-bond acceptors (Lipinski definition) is 2. The highest BCUT2D eigenvalue weighted by Gasteiger charge is 2.18. The maximum atomic E-state index is 8.89. The maximum absolute atomic E-state index is 8.89. The van der Waals surface area contributed by atoms with E-state index in [2.05, 4.69) is 25.0 Å². The second-order valence-electron chi connectivity index (χ2n) is 4.55. The van der Waals surface area contributed by atoms with Crippen LogP contribution in [0.2, 0.25) is 0 Å². The van der Waals surface area contributed by atoms with Gasteiger partial charge < -0.3 is 0 Å².